The minimum atomic E-state index is -1.01. The fourth-order valence-electron chi connectivity index (χ4n) is 2.11. The van der Waals surface area contributed by atoms with Crippen LogP contribution in [-0.4, -0.2) is 40.5 Å². The van der Waals surface area contributed by atoms with E-state index in [9.17, 15) is 24.4 Å². The average molecular weight is 317 g/mol. The van der Waals surface area contributed by atoms with Crippen LogP contribution in [0.2, 0.25) is 5.02 Å². The van der Waals surface area contributed by atoms with Crippen LogP contribution < -0.4 is 0 Å². The van der Waals surface area contributed by atoms with Crippen molar-refractivity contribution in [3.63, 3.8) is 0 Å². The third kappa shape index (κ3) is 3.30. The van der Waals surface area contributed by atoms with Crippen molar-refractivity contribution in [1.82, 2.24) is 4.90 Å². The van der Waals surface area contributed by atoms with Crippen LogP contribution in [0.15, 0.2) is 12.1 Å². The lowest BCUT2D eigenvalue weighted by Gasteiger charge is -2.21. The zero-order chi connectivity index (χ0) is 15.7. The van der Waals surface area contributed by atoms with Crippen molar-refractivity contribution in [3.8, 4) is 0 Å². The smallest absolute Gasteiger partial charge is 0.303 e. The van der Waals surface area contributed by atoms with Gasteiger partial charge in [0.1, 0.15) is 10.8 Å². The van der Waals surface area contributed by atoms with Gasteiger partial charge in [0, 0.05) is 13.6 Å². The van der Waals surface area contributed by atoms with E-state index in [-0.39, 0.29) is 17.5 Å². The average Bonchev–Trinajstić information content (AvgIpc) is 3.24. The second-order valence-corrected chi connectivity index (χ2v) is 5.51. The molecule has 21 heavy (non-hydrogen) atoms. The van der Waals surface area contributed by atoms with Gasteiger partial charge < -0.3 is 10.0 Å². The number of carbonyl (C=O) groups excluding carboxylic acids is 1. The zero-order valence-electron chi connectivity index (χ0n) is 11.3. The van der Waals surface area contributed by atoms with Crippen molar-refractivity contribution in [2.45, 2.75) is 18.9 Å². The molecule has 1 aliphatic rings. The molecular weight excluding hydrogens is 303 g/mol. The summed E-state index contributed by atoms with van der Waals surface area (Å²) in [6.45, 7) is -0.00733. The molecule has 0 bridgehead atoms. The number of hydrogen-bond acceptors (Lipinski definition) is 4. The van der Waals surface area contributed by atoms with E-state index in [1.165, 1.54) is 7.05 Å². The summed E-state index contributed by atoms with van der Waals surface area (Å²) < 4.78 is 13.8. The second-order valence-electron chi connectivity index (χ2n) is 5.10. The van der Waals surface area contributed by atoms with Gasteiger partial charge in [-0.15, -0.1) is 0 Å². The maximum atomic E-state index is 13.8. The molecule has 1 amide bonds. The third-order valence-corrected chi connectivity index (χ3v) is 3.75. The van der Waals surface area contributed by atoms with Gasteiger partial charge in [0.15, 0.2) is 5.56 Å². The first-order valence-electron chi connectivity index (χ1n) is 6.38. The molecule has 1 aromatic carbocycles. The van der Waals surface area contributed by atoms with Gasteiger partial charge in [0.25, 0.3) is 5.91 Å². The highest BCUT2D eigenvalue weighted by Crippen LogP contribution is 2.34. The van der Waals surface area contributed by atoms with Crippen LogP contribution in [0.25, 0.3) is 0 Å². The molecule has 0 radical (unpaired) electrons. The minimum absolute atomic E-state index is 0.00733. The van der Waals surface area contributed by atoms with Gasteiger partial charge in [-0.2, -0.15) is 0 Å². The predicted octanol–water partition coefficient (Wildman–Crippen LogP) is 2.23. The van der Waals surface area contributed by atoms with Crippen molar-refractivity contribution in [2.75, 3.05) is 13.6 Å². The minimum Gasteiger partial charge on any atom is -0.391 e. The van der Waals surface area contributed by atoms with Crippen molar-refractivity contribution in [2.24, 2.45) is 5.92 Å². The highest BCUT2D eigenvalue weighted by atomic mass is 35.5. The number of hydrogen-bond donors (Lipinski definition) is 1. The van der Waals surface area contributed by atoms with E-state index in [0.29, 0.717) is 0 Å². The SMILES string of the molecule is CN(CC(O)C1CC1)C(=O)c1c(F)ccc(Cl)c1[N+](=O)[O-]. The van der Waals surface area contributed by atoms with Crippen LogP contribution in [-0.2, 0) is 0 Å². The molecule has 0 saturated heterocycles. The Morgan fingerprint density at radius 3 is 2.76 bits per heavy atom. The number of halogens is 2. The van der Waals surface area contributed by atoms with Crippen molar-refractivity contribution >= 4 is 23.2 Å². The Morgan fingerprint density at radius 2 is 2.24 bits per heavy atom. The molecule has 1 aromatic rings. The molecule has 0 aromatic heterocycles. The summed E-state index contributed by atoms with van der Waals surface area (Å²) in [5, 5.41) is 20.5. The number of nitro groups is 1. The molecule has 0 aliphatic heterocycles. The van der Waals surface area contributed by atoms with Gasteiger partial charge in [-0.3, -0.25) is 14.9 Å². The number of nitro benzene ring substituents is 1. The number of rotatable bonds is 5. The van der Waals surface area contributed by atoms with Gasteiger partial charge >= 0.3 is 5.69 Å². The molecule has 1 atom stereocenters. The number of benzene rings is 1. The van der Waals surface area contributed by atoms with Gasteiger partial charge in [-0.25, -0.2) is 4.39 Å². The highest BCUT2D eigenvalue weighted by molar-refractivity contribution is 6.33. The molecule has 0 spiro atoms. The standard InChI is InChI=1S/C13H14ClFN2O4/c1-16(6-10(18)7-2-3-7)13(19)11-9(15)5-4-8(14)12(11)17(20)21/h4-5,7,10,18H,2-3,6H2,1H3. The Labute approximate surface area is 125 Å². The fourth-order valence-corrected chi connectivity index (χ4v) is 2.33. The fraction of sp³-hybridized carbons (Fsp3) is 0.462. The van der Waals surface area contributed by atoms with Crippen molar-refractivity contribution in [1.29, 1.82) is 0 Å². The van der Waals surface area contributed by atoms with Crippen LogP contribution in [0.4, 0.5) is 10.1 Å². The lowest BCUT2D eigenvalue weighted by molar-refractivity contribution is -0.385. The second kappa shape index (κ2) is 5.95. The van der Waals surface area contributed by atoms with E-state index in [4.69, 9.17) is 11.6 Å². The lowest BCUT2D eigenvalue weighted by atomic mass is 10.1. The maximum absolute atomic E-state index is 13.8. The lowest BCUT2D eigenvalue weighted by Crippen LogP contribution is -2.36. The monoisotopic (exact) mass is 316 g/mol. The summed E-state index contributed by atoms with van der Waals surface area (Å²) in [6.07, 6.45) is 1.06. The molecule has 1 saturated carbocycles. The molecule has 0 heterocycles. The molecular formula is C13H14ClFN2O4. The van der Waals surface area contributed by atoms with E-state index in [2.05, 4.69) is 0 Å². The normalized spacial score (nSPS) is 15.6. The van der Waals surface area contributed by atoms with E-state index >= 15 is 0 Å². The van der Waals surface area contributed by atoms with Crippen molar-refractivity contribution in [3.05, 3.63) is 38.7 Å². The molecule has 114 valence electrons. The number of likely N-dealkylation sites (N-methyl/N-ethyl adjacent to an activating group) is 1. The van der Waals surface area contributed by atoms with Crippen LogP contribution in [0.1, 0.15) is 23.2 Å². The Morgan fingerprint density at radius 1 is 1.62 bits per heavy atom. The molecule has 8 heteroatoms. The van der Waals surface area contributed by atoms with Crippen LogP contribution in [0, 0.1) is 21.8 Å². The van der Waals surface area contributed by atoms with E-state index in [0.717, 1.165) is 29.9 Å². The number of amides is 1. The number of nitrogens with zero attached hydrogens (tertiary/aromatic N) is 2. The first kappa shape index (κ1) is 15.7. The topological polar surface area (TPSA) is 83.7 Å². The Balaban J connectivity index is 2.29. The zero-order valence-corrected chi connectivity index (χ0v) is 12.0. The Hall–Kier alpha value is -1.73. The van der Waals surface area contributed by atoms with Gasteiger partial charge in [0.2, 0.25) is 0 Å². The number of aliphatic hydroxyl groups is 1. The molecule has 1 aliphatic carbocycles. The van der Waals surface area contributed by atoms with Crippen molar-refractivity contribution < 1.29 is 19.2 Å². The quantitative estimate of drug-likeness (QED) is 0.667. The summed E-state index contributed by atoms with van der Waals surface area (Å²) in [6, 6.07) is 1.94. The highest BCUT2D eigenvalue weighted by Gasteiger charge is 2.34. The first-order chi connectivity index (χ1) is 9.82. The molecule has 1 fully saturated rings. The first-order valence-corrected chi connectivity index (χ1v) is 6.76. The summed E-state index contributed by atoms with van der Waals surface area (Å²) in [5.74, 6) is -1.75. The van der Waals surface area contributed by atoms with Gasteiger partial charge in [0.05, 0.1) is 11.0 Å². The molecule has 1 unspecified atom stereocenters. The largest absolute Gasteiger partial charge is 0.391 e. The summed E-state index contributed by atoms with van der Waals surface area (Å²) in [5.41, 5.74) is -1.44. The third-order valence-electron chi connectivity index (χ3n) is 3.45. The van der Waals surface area contributed by atoms with Gasteiger partial charge in [-0.1, -0.05) is 11.6 Å². The van der Waals surface area contributed by atoms with Crippen LogP contribution in [0.3, 0.4) is 0 Å². The van der Waals surface area contributed by atoms with Crippen LogP contribution >= 0.6 is 11.6 Å². The van der Waals surface area contributed by atoms with E-state index in [1.54, 1.807) is 0 Å². The van der Waals surface area contributed by atoms with Crippen LogP contribution in [0.5, 0.6) is 0 Å². The molecule has 2 rings (SSSR count). The summed E-state index contributed by atoms with van der Waals surface area (Å²) in [7, 11) is 1.36. The van der Waals surface area contributed by atoms with E-state index in [1.807, 2.05) is 0 Å². The Bertz CT molecular complexity index is 592. The Kier molecular flexibility index (Phi) is 4.43. The van der Waals surface area contributed by atoms with E-state index < -0.39 is 34.0 Å². The number of carbonyl (C=O) groups is 1. The predicted molar refractivity (Wildman–Crippen MR) is 73.8 cm³/mol. The summed E-state index contributed by atoms with van der Waals surface area (Å²) >= 11 is 5.68. The molecule has 1 N–H and O–H groups in total. The maximum Gasteiger partial charge on any atom is 0.303 e. The van der Waals surface area contributed by atoms with Gasteiger partial charge in [-0.05, 0) is 30.9 Å². The number of aliphatic hydroxyl groups excluding tert-OH is 1. The summed E-state index contributed by atoms with van der Waals surface area (Å²) in [4.78, 5) is 23.4. The molecule has 6 nitrogen and oxygen atoms in total.